The van der Waals surface area contributed by atoms with E-state index in [1.807, 2.05) is 4.90 Å². The minimum absolute atomic E-state index is 0.313. The zero-order valence-electron chi connectivity index (χ0n) is 11.3. The fourth-order valence-corrected chi connectivity index (χ4v) is 2.61. The molecule has 0 unspecified atom stereocenters. The van der Waals surface area contributed by atoms with Crippen molar-refractivity contribution in [3.05, 3.63) is 42.0 Å². The van der Waals surface area contributed by atoms with Crippen LogP contribution in [-0.2, 0) is 11.3 Å². The van der Waals surface area contributed by atoms with Crippen LogP contribution in [0.1, 0.15) is 18.5 Å². The number of hydrogen-bond acceptors (Lipinski definition) is 4. The molecule has 1 aliphatic heterocycles. The van der Waals surface area contributed by atoms with Gasteiger partial charge in [0.2, 0.25) is 5.89 Å². The maximum atomic E-state index is 12.9. The second-order valence-electron chi connectivity index (χ2n) is 5.12. The molecule has 1 fully saturated rings. The van der Waals surface area contributed by atoms with Gasteiger partial charge in [-0.25, -0.2) is 9.37 Å². The molecule has 0 saturated carbocycles. The van der Waals surface area contributed by atoms with Crippen LogP contribution in [0.4, 0.5) is 4.39 Å². The average Bonchev–Trinajstić information content (AvgIpc) is 3.09. The summed E-state index contributed by atoms with van der Waals surface area (Å²) in [5, 5.41) is 9.15. The van der Waals surface area contributed by atoms with Gasteiger partial charge in [0.05, 0.1) is 5.69 Å². The highest BCUT2D eigenvalue weighted by molar-refractivity contribution is 5.73. The topological polar surface area (TPSA) is 66.6 Å². The lowest BCUT2D eigenvalue weighted by atomic mass is 10.2. The zero-order valence-corrected chi connectivity index (χ0v) is 11.3. The van der Waals surface area contributed by atoms with Crippen molar-refractivity contribution in [3.8, 4) is 11.5 Å². The summed E-state index contributed by atoms with van der Waals surface area (Å²) >= 11 is 0. The number of aromatic nitrogens is 1. The maximum Gasteiger partial charge on any atom is 0.320 e. The summed E-state index contributed by atoms with van der Waals surface area (Å²) in [5.74, 6) is -0.697. The molecule has 1 aromatic heterocycles. The van der Waals surface area contributed by atoms with Crippen LogP contribution in [0, 0.1) is 5.82 Å². The summed E-state index contributed by atoms with van der Waals surface area (Å²) in [7, 11) is 0. The number of aliphatic carboxylic acids is 1. The third-order valence-electron chi connectivity index (χ3n) is 3.66. The lowest BCUT2D eigenvalue weighted by Gasteiger charge is -2.19. The first-order valence-corrected chi connectivity index (χ1v) is 6.80. The Hall–Kier alpha value is -2.21. The molecular weight excluding hydrogens is 275 g/mol. The van der Waals surface area contributed by atoms with Crippen LogP contribution in [0.25, 0.3) is 11.5 Å². The van der Waals surface area contributed by atoms with Crippen LogP contribution >= 0.6 is 0 Å². The predicted molar refractivity (Wildman–Crippen MR) is 73.0 cm³/mol. The predicted octanol–water partition coefficient (Wildman–Crippen LogP) is 2.53. The lowest BCUT2D eigenvalue weighted by molar-refractivity contribution is -0.142. The van der Waals surface area contributed by atoms with Crippen LogP contribution in [0.15, 0.2) is 34.9 Å². The normalized spacial score (nSPS) is 19.0. The number of carboxylic acid groups (broad SMARTS) is 1. The van der Waals surface area contributed by atoms with Gasteiger partial charge in [-0.2, -0.15) is 0 Å². The first-order chi connectivity index (χ1) is 10.1. The SMILES string of the molecule is O=C(O)[C@@H]1CCCN1Cc1coc(-c2ccc(F)cc2)n1. The molecule has 1 atom stereocenters. The maximum absolute atomic E-state index is 12.9. The second-order valence-corrected chi connectivity index (χ2v) is 5.12. The van der Waals surface area contributed by atoms with E-state index in [4.69, 9.17) is 9.52 Å². The molecule has 0 spiro atoms. The molecule has 1 saturated heterocycles. The number of nitrogens with zero attached hydrogens (tertiary/aromatic N) is 2. The minimum atomic E-state index is -0.797. The highest BCUT2D eigenvalue weighted by Crippen LogP contribution is 2.23. The average molecular weight is 290 g/mol. The standard InChI is InChI=1S/C15H15FN2O3/c16-11-5-3-10(4-6-11)14-17-12(9-21-14)8-18-7-1-2-13(18)15(19)20/h3-6,9,13H,1-2,7-8H2,(H,19,20)/t13-/m0/s1. The molecule has 21 heavy (non-hydrogen) atoms. The van der Waals surface area contributed by atoms with Crippen molar-refractivity contribution in [1.29, 1.82) is 0 Å². The Morgan fingerprint density at radius 3 is 2.90 bits per heavy atom. The van der Waals surface area contributed by atoms with Crippen LogP contribution < -0.4 is 0 Å². The molecule has 1 aliphatic rings. The fraction of sp³-hybridized carbons (Fsp3) is 0.333. The van der Waals surface area contributed by atoms with E-state index in [0.29, 0.717) is 30.1 Å². The van der Waals surface area contributed by atoms with Gasteiger partial charge in [-0.3, -0.25) is 9.69 Å². The number of carbonyl (C=O) groups is 1. The molecular formula is C15H15FN2O3. The van der Waals surface area contributed by atoms with E-state index in [1.165, 1.54) is 18.4 Å². The number of benzene rings is 1. The smallest absolute Gasteiger partial charge is 0.320 e. The zero-order chi connectivity index (χ0) is 14.8. The molecule has 3 rings (SSSR count). The first kappa shape index (κ1) is 13.8. The van der Waals surface area contributed by atoms with E-state index in [0.717, 1.165) is 13.0 Å². The van der Waals surface area contributed by atoms with E-state index in [2.05, 4.69) is 4.98 Å². The second kappa shape index (κ2) is 5.65. The Balaban J connectivity index is 1.73. The summed E-state index contributed by atoms with van der Waals surface area (Å²) in [5.41, 5.74) is 1.38. The van der Waals surface area contributed by atoms with Crippen LogP contribution in [0.5, 0.6) is 0 Å². The van der Waals surface area contributed by atoms with Crippen molar-refractivity contribution in [3.63, 3.8) is 0 Å². The van der Waals surface area contributed by atoms with Crippen molar-refractivity contribution >= 4 is 5.97 Å². The third kappa shape index (κ3) is 2.95. The molecule has 0 amide bonds. The number of oxazole rings is 1. The van der Waals surface area contributed by atoms with Crippen LogP contribution in [-0.4, -0.2) is 33.5 Å². The Morgan fingerprint density at radius 2 is 2.19 bits per heavy atom. The van der Waals surface area contributed by atoms with Gasteiger partial charge in [0.1, 0.15) is 18.1 Å². The van der Waals surface area contributed by atoms with Gasteiger partial charge in [0.15, 0.2) is 0 Å². The highest BCUT2D eigenvalue weighted by atomic mass is 19.1. The van der Waals surface area contributed by atoms with Gasteiger partial charge >= 0.3 is 5.97 Å². The number of halogens is 1. The molecule has 1 N–H and O–H groups in total. The van der Waals surface area contributed by atoms with E-state index in [-0.39, 0.29) is 5.82 Å². The summed E-state index contributed by atoms with van der Waals surface area (Å²) in [6.45, 7) is 1.19. The molecule has 5 nitrogen and oxygen atoms in total. The summed E-state index contributed by atoms with van der Waals surface area (Å²) < 4.78 is 18.3. The van der Waals surface area contributed by atoms with Crippen LogP contribution in [0.2, 0.25) is 0 Å². The van der Waals surface area contributed by atoms with Crippen molar-refractivity contribution in [1.82, 2.24) is 9.88 Å². The molecule has 2 aromatic rings. The van der Waals surface area contributed by atoms with Crippen LogP contribution in [0.3, 0.4) is 0 Å². The molecule has 0 bridgehead atoms. The molecule has 110 valence electrons. The van der Waals surface area contributed by atoms with Gasteiger partial charge in [-0.15, -0.1) is 0 Å². The molecule has 2 heterocycles. The number of carboxylic acids is 1. The Labute approximate surface area is 121 Å². The van der Waals surface area contributed by atoms with Gasteiger partial charge in [0, 0.05) is 12.1 Å². The fourth-order valence-electron chi connectivity index (χ4n) is 2.61. The summed E-state index contributed by atoms with van der Waals surface area (Å²) in [6.07, 6.45) is 3.06. The van der Waals surface area contributed by atoms with Gasteiger partial charge in [0.25, 0.3) is 0 Å². The molecule has 1 aromatic carbocycles. The van der Waals surface area contributed by atoms with E-state index in [1.54, 1.807) is 12.1 Å². The van der Waals surface area contributed by atoms with E-state index < -0.39 is 12.0 Å². The van der Waals surface area contributed by atoms with Crippen molar-refractivity contribution in [2.24, 2.45) is 0 Å². The Morgan fingerprint density at radius 1 is 1.43 bits per heavy atom. The summed E-state index contributed by atoms with van der Waals surface area (Å²) in [6, 6.07) is 5.44. The molecule has 0 radical (unpaired) electrons. The molecule has 6 heteroatoms. The summed E-state index contributed by atoms with van der Waals surface area (Å²) in [4.78, 5) is 17.4. The van der Waals surface area contributed by atoms with E-state index >= 15 is 0 Å². The van der Waals surface area contributed by atoms with Gasteiger partial charge in [-0.1, -0.05) is 0 Å². The van der Waals surface area contributed by atoms with Crippen molar-refractivity contribution < 1.29 is 18.7 Å². The largest absolute Gasteiger partial charge is 0.480 e. The molecule has 0 aliphatic carbocycles. The van der Waals surface area contributed by atoms with Crippen molar-refractivity contribution in [2.45, 2.75) is 25.4 Å². The monoisotopic (exact) mass is 290 g/mol. The van der Waals surface area contributed by atoms with Crippen molar-refractivity contribution in [2.75, 3.05) is 6.54 Å². The number of likely N-dealkylation sites (tertiary alicyclic amines) is 1. The van der Waals surface area contributed by atoms with Gasteiger partial charge in [-0.05, 0) is 43.7 Å². The first-order valence-electron chi connectivity index (χ1n) is 6.80. The lowest BCUT2D eigenvalue weighted by Crippen LogP contribution is -2.35. The quantitative estimate of drug-likeness (QED) is 0.937. The minimum Gasteiger partial charge on any atom is -0.480 e. The van der Waals surface area contributed by atoms with Gasteiger partial charge < -0.3 is 9.52 Å². The van der Waals surface area contributed by atoms with E-state index in [9.17, 15) is 9.18 Å². The Bertz CT molecular complexity index is 639. The highest BCUT2D eigenvalue weighted by Gasteiger charge is 2.30. The Kier molecular flexibility index (Phi) is 3.70. The number of rotatable bonds is 4. The number of hydrogen-bond donors (Lipinski definition) is 1. The third-order valence-corrected chi connectivity index (χ3v) is 3.66.